The highest BCUT2D eigenvalue weighted by Gasteiger charge is 2.32. The van der Waals surface area contributed by atoms with Crippen LogP contribution in [0.2, 0.25) is 0 Å². The number of nitrogens with zero attached hydrogens (tertiary/aromatic N) is 1. The largest absolute Gasteiger partial charge is 0.344 e. The summed E-state index contributed by atoms with van der Waals surface area (Å²) in [5.74, 6) is 0.175. The van der Waals surface area contributed by atoms with Crippen molar-refractivity contribution in [3.63, 3.8) is 0 Å². The second-order valence-electron chi connectivity index (χ2n) is 4.13. The molecular weight excluding hydrogens is 204 g/mol. The highest BCUT2D eigenvalue weighted by Crippen LogP contribution is 2.37. The fourth-order valence-electron chi connectivity index (χ4n) is 2.57. The molecule has 4 nitrogen and oxygen atoms in total. The molecule has 0 aliphatic carbocycles. The van der Waals surface area contributed by atoms with Gasteiger partial charge in [-0.3, -0.25) is 9.59 Å². The van der Waals surface area contributed by atoms with Crippen LogP contribution in [0, 0.1) is 0 Å². The van der Waals surface area contributed by atoms with Crippen LogP contribution in [0.4, 0.5) is 5.69 Å². The minimum atomic E-state index is 0. The van der Waals surface area contributed by atoms with Crippen LogP contribution in [-0.2, 0) is 17.6 Å². The van der Waals surface area contributed by atoms with E-state index in [1.165, 1.54) is 0 Å². The summed E-state index contributed by atoms with van der Waals surface area (Å²) in [6.07, 6.45) is 3.30. The summed E-state index contributed by atoms with van der Waals surface area (Å²) in [7, 11) is 0. The number of hydrogen-bond donors (Lipinski definition) is 1. The smallest absolute Gasteiger partial charge is 0.231 e. The fourth-order valence-corrected chi connectivity index (χ4v) is 2.57. The molecule has 2 aliphatic heterocycles. The lowest BCUT2D eigenvalue weighted by atomic mass is 9.97. The quantitative estimate of drug-likeness (QED) is 0.726. The van der Waals surface area contributed by atoms with Crippen LogP contribution in [0.5, 0.6) is 0 Å². The summed E-state index contributed by atoms with van der Waals surface area (Å²) < 4.78 is 0. The number of benzene rings is 1. The van der Waals surface area contributed by atoms with Gasteiger partial charge in [0.1, 0.15) is 6.29 Å². The van der Waals surface area contributed by atoms with E-state index in [1.54, 1.807) is 0 Å². The number of amides is 1. The molecule has 0 radical (unpaired) electrons. The van der Waals surface area contributed by atoms with E-state index in [-0.39, 0.29) is 12.1 Å². The van der Waals surface area contributed by atoms with Crippen molar-refractivity contribution in [1.29, 1.82) is 0 Å². The van der Waals surface area contributed by atoms with Gasteiger partial charge in [-0.1, -0.05) is 0 Å². The molecule has 4 heteroatoms. The minimum Gasteiger partial charge on any atom is -0.344 e. The Labute approximate surface area is 93.8 Å². The monoisotopic (exact) mass is 218 g/mol. The molecule has 0 unspecified atom stereocenters. The molecule has 1 aromatic carbocycles. The highest BCUT2D eigenvalue weighted by molar-refractivity contribution is 6.03. The van der Waals surface area contributed by atoms with Crippen molar-refractivity contribution in [3.05, 3.63) is 28.8 Å². The molecule has 0 saturated heterocycles. The Hall–Kier alpha value is -1.68. The Morgan fingerprint density at radius 3 is 2.75 bits per heavy atom. The van der Waals surface area contributed by atoms with Crippen LogP contribution in [-0.4, -0.2) is 18.7 Å². The zero-order valence-electron chi connectivity index (χ0n) is 9.03. The van der Waals surface area contributed by atoms with Gasteiger partial charge in [-0.25, -0.2) is 0 Å². The Kier molecular flexibility index (Phi) is 2.52. The zero-order valence-corrected chi connectivity index (χ0v) is 9.03. The average Bonchev–Trinajstić information content (AvgIpc) is 2.58. The van der Waals surface area contributed by atoms with E-state index in [9.17, 15) is 9.59 Å². The predicted octanol–water partition coefficient (Wildman–Crippen LogP) is 1.50. The van der Waals surface area contributed by atoms with E-state index in [1.807, 2.05) is 17.0 Å². The first-order valence-electron chi connectivity index (χ1n) is 5.21. The van der Waals surface area contributed by atoms with Gasteiger partial charge in [0, 0.05) is 12.1 Å². The Morgan fingerprint density at radius 1 is 1.25 bits per heavy atom. The van der Waals surface area contributed by atoms with Gasteiger partial charge in [0.25, 0.3) is 0 Å². The van der Waals surface area contributed by atoms with Crippen LogP contribution < -0.4 is 11.1 Å². The minimum absolute atomic E-state index is 0. The lowest BCUT2D eigenvalue weighted by Crippen LogP contribution is -2.31. The first-order chi connectivity index (χ1) is 7.29. The van der Waals surface area contributed by atoms with Crippen molar-refractivity contribution in [3.8, 4) is 0 Å². The van der Waals surface area contributed by atoms with Gasteiger partial charge in [-0.05, 0) is 36.1 Å². The topological polar surface area (TPSA) is 72.4 Å². The Balaban J connectivity index is 0.000000963. The summed E-state index contributed by atoms with van der Waals surface area (Å²) in [6.45, 7) is 0.833. The molecule has 2 aliphatic rings. The Morgan fingerprint density at radius 2 is 2.00 bits per heavy atom. The first-order valence-corrected chi connectivity index (χ1v) is 5.21. The molecule has 0 spiro atoms. The average molecular weight is 218 g/mol. The number of anilines is 1. The van der Waals surface area contributed by atoms with Gasteiger partial charge in [0.2, 0.25) is 5.91 Å². The van der Waals surface area contributed by atoms with Crippen molar-refractivity contribution in [1.82, 2.24) is 6.15 Å². The summed E-state index contributed by atoms with van der Waals surface area (Å²) in [5, 5.41) is 0. The molecule has 0 aromatic heterocycles. The van der Waals surface area contributed by atoms with Gasteiger partial charge in [-0.2, -0.15) is 0 Å². The molecule has 16 heavy (non-hydrogen) atoms. The van der Waals surface area contributed by atoms with Crippen molar-refractivity contribution < 1.29 is 9.59 Å². The maximum atomic E-state index is 11.7. The zero-order chi connectivity index (χ0) is 10.4. The molecule has 0 atom stereocenters. The van der Waals surface area contributed by atoms with Crippen molar-refractivity contribution in [2.24, 2.45) is 0 Å². The highest BCUT2D eigenvalue weighted by atomic mass is 16.2. The number of aldehydes is 1. The van der Waals surface area contributed by atoms with Crippen LogP contribution >= 0.6 is 0 Å². The van der Waals surface area contributed by atoms with E-state index in [2.05, 4.69) is 0 Å². The fraction of sp³-hybridized carbons (Fsp3) is 0.333. The SMILES string of the molecule is N.O=Cc1cc2c3c(c1)CC(=O)N3CCC2. The van der Waals surface area contributed by atoms with Gasteiger partial charge in [0.05, 0.1) is 12.1 Å². The summed E-state index contributed by atoms with van der Waals surface area (Å²) in [5.41, 5.74) is 3.96. The van der Waals surface area contributed by atoms with Crippen molar-refractivity contribution >= 4 is 17.9 Å². The molecule has 3 N–H and O–H groups in total. The van der Waals surface area contributed by atoms with E-state index in [0.29, 0.717) is 12.0 Å². The number of rotatable bonds is 1. The number of aryl methyl sites for hydroxylation is 1. The third-order valence-electron chi connectivity index (χ3n) is 3.17. The van der Waals surface area contributed by atoms with Gasteiger partial charge in [0.15, 0.2) is 0 Å². The molecule has 0 bridgehead atoms. The van der Waals surface area contributed by atoms with E-state index in [4.69, 9.17) is 0 Å². The molecule has 1 amide bonds. The first kappa shape index (κ1) is 10.8. The third-order valence-corrected chi connectivity index (χ3v) is 3.17. The molecular formula is C12H14N2O2. The van der Waals surface area contributed by atoms with E-state index in [0.717, 1.165) is 42.5 Å². The van der Waals surface area contributed by atoms with E-state index >= 15 is 0 Å². The Bertz CT molecular complexity index is 468. The van der Waals surface area contributed by atoms with Crippen LogP contribution in [0.3, 0.4) is 0 Å². The normalized spacial score (nSPS) is 16.8. The van der Waals surface area contributed by atoms with Gasteiger partial charge in [-0.15, -0.1) is 0 Å². The maximum absolute atomic E-state index is 11.7. The van der Waals surface area contributed by atoms with E-state index < -0.39 is 0 Å². The standard InChI is InChI=1S/C12H11NO2.H3N/c14-7-8-4-9-2-1-3-13-11(15)6-10(5-8)12(9)13;/h4-5,7H,1-3,6H2;1H3. The van der Waals surface area contributed by atoms with Crippen molar-refractivity contribution in [2.75, 3.05) is 11.4 Å². The number of hydrogen-bond acceptors (Lipinski definition) is 3. The lowest BCUT2D eigenvalue weighted by molar-refractivity contribution is -0.117. The second-order valence-corrected chi connectivity index (χ2v) is 4.13. The maximum Gasteiger partial charge on any atom is 0.231 e. The third kappa shape index (κ3) is 1.34. The van der Waals surface area contributed by atoms with Crippen LogP contribution in [0.15, 0.2) is 12.1 Å². The van der Waals surface area contributed by atoms with Crippen molar-refractivity contribution in [2.45, 2.75) is 19.3 Å². The summed E-state index contributed by atoms with van der Waals surface area (Å²) in [4.78, 5) is 24.3. The van der Waals surface area contributed by atoms with Crippen LogP contribution in [0.25, 0.3) is 0 Å². The van der Waals surface area contributed by atoms with Gasteiger partial charge < -0.3 is 11.1 Å². The number of carbonyl (C=O) groups excluding carboxylic acids is 2. The molecule has 1 aromatic rings. The predicted molar refractivity (Wildman–Crippen MR) is 61.2 cm³/mol. The summed E-state index contributed by atoms with van der Waals surface area (Å²) in [6, 6.07) is 3.76. The second kappa shape index (κ2) is 3.72. The molecule has 84 valence electrons. The summed E-state index contributed by atoms with van der Waals surface area (Å²) >= 11 is 0. The molecule has 2 heterocycles. The number of carbonyl (C=O) groups is 2. The molecule has 0 fully saturated rings. The lowest BCUT2D eigenvalue weighted by Gasteiger charge is -2.25. The molecule has 3 rings (SSSR count). The molecule has 0 saturated carbocycles. The van der Waals surface area contributed by atoms with Crippen LogP contribution in [0.1, 0.15) is 27.9 Å². The van der Waals surface area contributed by atoms with Gasteiger partial charge >= 0.3 is 0 Å².